The van der Waals surface area contributed by atoms with Crippen LogP contribution in [0.15, 0.2) is 29.3 Å². The molecule has 0 aromatic heterocycles. The van der Waals surface area contributed by atoms with E-state index in [4.69, 9.17) is 6.11 Å². The van der Waals surface area contributed by atoms with Crippen molar-refractivity contribution in [3.05, 3.63) is 35.4 Å². The zero-order valence-corrected chi connectivity index (χ0v) is 11.9. The van der Waals surface area contributed by atoms with Crippen molar-refractivity contribution in [3.63, 3.8) is 0 Å². The molecule has 3 nitrogen and oxygen atoms in total. The lowest BCUT2D eigenvalue weighted by atomic mass is 9.94. The molecule has 19 heavy (non-hydrogen) atoms. The van der Waals surface area contributed by atoms with Crippen LogP contribution in [0.25, 0.3) is 0 Å². The monoisotopic (exact) mass is 259 g/mol. The lowest BCUT2D eigenvalue weighted by molar-refractivity contribution is 0.210. The van der Waals surface area contributed by atoms with Crippen molar-refractivity contribution in [2.45, 2.75) is 39.3 Å². The Labute approximate surface area is 116 Å². The molecule has 0 amide bonds. The summed E-state index contributed by atoms with van der Waals surface area (Å²) in [5.74, 6) is 0.474. The molecule has 1 aromatic rings. The Kier molecular flexibility index (Phi) is 2.91. The second kappa shape index (κ2) is 4.87. The van der Waals surface area contributed by atoms with Crippen molar-refractivity contribution in [1.82, 2.24) is 4.90 Å². The van der Waals surface area contributed by atoms with E-state index in [2.05, 4.69) is 24.9 Å². The zero-order valence-electron chi connectivity index (χ0n) is 12.9. The van der Waals surface area contributed by atoms with Crippen LogP contribution in [-0.4, -0.2) is 30.1 Å². The molecule has 2 aliphatic rings. The molecule has 0 radical (unpaired) electrons. The molecule has 3 rings (SSSR count). The van der Waals surface area contributed by atoms with Crippen LogP contribution in [0.2, 0.25) is 0 Å². The van der Waals surface area contributed by atoms with Gasteiger partial charge in [0, 0.05) is 6.54 Å². The van der Waals surface area contributed by atoms with E-state index in [-0.39, 0.29) is 6.04 Å². The molecule has 0 aliphatic carbocycles. The van der Waals surface area contributed by atoms with E-state index >= 15 is 0 Å². The lowest BCUT2D eigenvalue weighted by Gasteiger charge is -2.35. The highest BCUT2D eigenvalue weighted by molar-refractivity contribution is 5.76. The SMILES string of the molecule is [2H][C@@]1(C)c2ccccc2CCN1C1=N[C@@H](C(C)C)CO1. The van der Waals surface area contributed by atoms with Crippen molar-refractivity contribution in [2.24, 2.45) is 10.9 Å². The number of rotatable bonds is 1. The third-order valence-corrected chi connectivity index (χ3v) is 4.08. The molecule has 0 saturated heterocycles. The van der Waals surface area contributed by atoms with Gasteiger partial charge >= 0.3 is 0 Å². The molecule has 2 aliphatic heterocycles. The van der Waals surface area contributed by atoms with E-state index in [1.54, 1.807) is 0 Å². The molecule has 0 saturated carbocycles. The Morgan fingerprint density at radius 1 is 1.42 bits per heavy atom. The summed E-state index contributed by atoms with van der Waals surface area (Å²) in [6.07, 6.45) is 0.944. The van der Waals surface area contributed by atoms with Gasteiger partial charge in [-0.15, -0.1) is 0 Å². The first-order valence-corrected chi connectivity index (χ1v) is 7.07. The smallest absolute Gasteiger partial charge is 0.288 e. The van der Waals surface area contributed by atoms with Crippen LogP contribution in [0.1, 0.15) is 39.3 Å². The molecule has 2 atom stereocenters. The van der Waals surface area contributed by atoms with E-state index in [1.807, 2.05) is 30.0 Å². The second-order valence-electron chi connectivity index (χ2n) is 5.68. The number of amidine groups is 1. The first-order chi connectivity index (χ1) is 9.50. The highest BCUT2D eigenvalue weighted by Gasteiger charge is 2.31. The van der Waals surface area contributed by atoms with Crippen LogP contribution in [0.3, 0.4) is 0 Å². The van der Waals surface area contributed by atoms with Crippen molar-refractivity contribution >= 4 is 6.02 Å². The fourth-order valence-corrected chi connectivity index (χ4v) is 2.74. The summed E-state index contributed by atoms with van der Waals surface area (Å²) in [5, 5.41) is 0. The number of nitrogens with zero attached hydrogens (tertiary/aromatic N) is 2. The average molecular weight is 259 g/mol. The van der Waals surface area contributed by atoms with Gasteiger partial charge in [-0.25, -0.2) is 4.99 Å². The fraction of sp³-hybridized carbons (Fsp3) is 0.562. The highest BCUT2D eigenvalue weighted by Crippen LogP contribution is 2.31. The third kappa shape index (κ3) is 2.22. The average Bonchev–Trinajstić information content (AvgIpc) is 2.88. The Bertz CT molecular complexity index is 539. The zero-order chi connectivity index (χ0) is 14.3. The number of fused-ring (bicyclic) bond motifs is 1. The summed E-state index contributed by atoms with van der Waals surface area (Å²) in [6, 6.07) is 8.28. The van der Waals surface area contributed by atoms with E-state index in [9.17, 15) is 0 Å². The number of aliphatic imine (C=N–C) groups is 1. The lowest BCUT2D eigenvalue weighted by Crippen LogP contribution is -2.39. The maximum absolute atomic E-state index is 8.77. The minimum absolute atomic E-state index is 0.220. The van der Waals surface area contributed by atoms with Gasteiger partial charge in [0.2, 0.25) is 0 Å². The van der Waals surface area contributed by atoms with Crippen LogP contribution >= 0.6 is 0 Å². The van der Waals surface area contributed by atoms with Gasteiger partial charge < -0.3 is 9.64 Å². The fourth-order valence-electron chi connectivity index (χ4n) is 2.74. The van der Waals surface area contributed by atoms with Crippen LogP contribution in [0.4, 0.5) is 0 Å². The molecule has 0 unspecified atom stereocenters. The highest BCUT2D eigenvalue weighted by atomic mass is 16.5. The summed E-state index contributed by atoms with van der Waals surface area (Å²) in [5.41, 5.74) is 2.32. The minimum Gasteiger partial charge on any atom is -0.463 e. The van der Waals surface area contributed by atoms with Gasteiger partial charge in [-0.2, -0.15) is 0 Å². The first kappa shape index (κ1) is 11.3. The summed E-state index contributed by atoms with van der Waals surface area (Å²) in [6.45, 7) is 7.68. The van der Waals surface area contributed by atoms with Crippen LogP contribution < -0.4 is 0 Å². The van der Waals surface area contributed by atoms with Gasteiger partial charge in [-0.05, 0) is 30.4 Å². The summed E-state index contributed by atoms with van der Waals surface area (Å²) < 4.78 is 14.5. The van der Waals surface area contributed by atoms with Gasteiger partial charge in [-0.3, -0.25) is 0 Å². The first-order valence-electron chi connectivity index (χ1n) is 7.57. The normalized spacial score (nSPS) is 30.7. The molecule has 102 valence electrons. The maximum atomic E-state index is 8.77. The van der Waals surface area contributed by atoms with E-state index in [0.717, 1.165) is 18.5 Å². The molecule has 3 heteroatoms. The predicted molar refractivity (Wildman–Crippen MR) is 77.3 cm³/mol. The predicted octanol–water partition coefficient (Wildman–Crippen LogP) is 3.02. The van der Waals surface area contributed by atoms with Crippen LogP contribution in [0.5, 0.6) is 0 Å². The van der Waals surface area contributed by atoms with E-state index in [0.29, 0.717) is 18.5 Å². The maximum Gasteiger partial charge on any atom is 0.288 e. The Morgan fingerprint density at radius 2 is 2.21 bits per heavy atom. The molecular formula is C16H22N2O. The molecule has 0 N–H and O–H groups in total. The number of ether oxygens (including phenoxy) is 1. The Morgan fingerprint density at radius 3 is 2.95 bits per heavy atom. The molecule has 1 aromatic carbocycles. The Hall–Kier alpha value is -1.51. The number of hydrogen-bond donors (Lipinski definition) is 0. The Balaban J connectivity index is 1.92. The van der Waals surface area contributed by atoms with Crippen molar-refractivity contribution in [3.8, 4) is 0 Å². The van der Waals surface area contributed by atoms with Crippen molar-refractivity contribution in [1.29, 1.82) is 0 Å². The standard InChI is InChI=1S/C16H22N2O/c1-11(2)15-10-19-16(17-15)18-9-8-13-6-4-5-7-14(13)12(18)3/h4-7,11-12,15H,8-10H2,1-3H3/t12-,15-/m1/s1/i12D. The van der Waals surface area contributed by atoms with Gasteiger partial charge in [0.05, 0.1) is 13.4 Å². The summed E-state index contributed by atoms with van der Waals surface area (Å²) in [4.78, 5) is 6.68. The number of benzene rings is 1. The molecule has 0 bridgehead atoms. The molecule has 0 fully saturated rings. The van der Waals surface area contributed by atoms with Crippen LogP contribution in [0, 0.1) is 5.92 Å². The van der Waals surface area contributed by atoms with Gasteiger partial charge in [-0.1, -0.05) is 38.1 Å². The summed E-state index contributed by atoms with van der Waals surface area (Å²) >= 11 is 0. The van der Waals surface area contributed by atoms with Gasteiger partial charge in [0.25, 0.3) is 6.02 Å². The third-order valence-electron chi connectivity index (χ3n) is 4.08. The summed E-state index contributed by atoms with van der Waals surface area (Å²) in [7, 11) is 0. The number of hydrogen-bond acceptors (Lipinski definition) is 3. The minimum atomic E-state index is -0.806. The molecule has 0 spiro atoms. The largest absolute Gasteiger partial charge is 0.463 e. The second-order valence-corrected chi connectivity index (χ2v) is 5.68. The quantitative estimate of drug-likeness (QED) is 0.774. The van der Waals surface area contributed by atoms with Gasteiger partial charge in [0.1, 0.15) is 6.61 Å². The topological polar surface area (TPSA) is 24.8 Å². The van der Waals surface area contributed by atoms with Crippen molar-refractivity contribution in [2.75, 3.05) is 13.2 Å². The van der Waals surface area contributed by atoms with Gasteiger partial charge in [0.15, 0.2) is 0 Å². The van der Waals surface area contributed by atoms with Crippen molar-refractivity contribution < 1.29 is 6.11 Å². The van der Waals surface area contributed by atoms with E-state index in [1.165, 1.54) is 5.56 Å². The molecule has 2 heterocycles. The molecular weight excluding hydrogens is 236 g/mol. The van der Waals surface area contributed by atoms with E-state index < -0.39 is 6.02 Å². The van der Waals surface area contributed by atoms with Crippen LogP contribution in [-0.2, 0) is 11.2 Å².